The van der Waals surface area contributed by atoms with E-state index < -0.39 is 5.60 Å². The number of hydrogen-bond acceptors (Lipinski definition) is 5. The standard InChI is InChI=1S/C20H34N4O4.HI/c1-20(2,3)28-19(25)23(5)12-11-22-18(21-4)24(6)14-15-9-10-16(26-7)13-17(15)27-8;/h9-10,13H,11-12,14H2,1-8H3,(H,21,22);1H. The van der Waals surface area contributed by atoms with Crippen molar-refractivity contribution in [1.82, 2.24) is 15.1 Å². The van der Waals surface area contributed by atoms with Crippen LogP contribution in [0.15, 0.2) is 23.2 Å². The van der Waals surface area contributed by atoms with E-state index in [1.165, 1.54) is 4.90 Å². The summed E-state index contributed by atoms with van der Waals surface area (Å²) in [6.07, 6.45) is -0.347. The van der Waals surface area contributed by atoms with Gasteiger partial charge in [-0.1, -0.05) is 0 Å². The average molecular weight is 522 g/mol. The zero-order valence-corrected chi connectivity index (χ0v) is 21.1. The summed E-state index contributed by atoms with van der Waals surface area (Å²) in [6.45, 7) is 7.19. The van der Waals surface area contributed by atoms with Crippen LogP contribution < -0.4 is 14.8 Å². The number of guanidine groups is 1. The minimum atomic E-state index is -0.507. The SMILES string of the molecule is CN=C(NCCN(C)C(=O)OC(C)(C)C)N(C)Cc1ccc(OC)cc1OC.I. The largest absolute Gasteiger partial charge is 0.497 e. The van der Waals surface area contributed by atoms with Gasteiger partial charge in [0.2, 0.25) is 0 Å². The van der Waals surface area contributed by atoms with Crippen LogP contribution in [0.4, 0.5) is 4.79 Å². The van der Waals surface area contributed by atoms with Gasteiger partial charge in [-0.05, 0) is 32.9 Å². The number of rotatable bonds is 7. The van der Waals surface area contributed by atoms with Crippen LogP contribution in [0, 0.1) is 0 Å². The van der Waals surface area contributed by atoms with Crippen LogP contribution in [0.5, 0.6) is 11.5 Å². The van der Waals surface area contributed by atoms with Crippen molar-refractivity contribution in [2.75, 3.05) is 48.5 Å². The van der Waals surface area contributed by atoms with Gasteiger partial charge in [-0.2, -0.15) is 0 Å². The van der Waals surface area contributed by atoms with Gasteiger partial charge in [-0.15, -0.1) is 24.0 Å². The van der Waals surface area contributed by atoms with E-state index in [-0.39, 0.29) is 30.1 Å². The Bertz CT molecular complexity index is 677. The monoisotopic (exact) mass is 522 g/mol. The van der Waals surface area contributed by atoms with Gasteiger partial charge in [-0.25, -0.2) is 4.79 Å². The number of carbonyl (C=O) groups is 1. The number of nitrogens with one attached hydrogen (secondary N) is 1. The molecule has 0 saturated heterocycles. The summed E-state index contributed by atoms with van der Waals surface area (Å²) in [5.41, 5.74) is 0.506. The molecule has 1 amide bonds. The van der Waals surface area contributed by atoms with E-state index in [9.17, 15) is 4.79 Å². The van der Waals surface area contributed by atoms with E-state index in [0.29, 0.717) is 19.6 Å². The van der Waals surface area contributed by atoms with Crippen molar-refractivity contribution in [3.63, 3.8) is 0 Å². The average Bonchev–Trinajstić information content (AvgIpc) is 2.63. The van der Waals surface area contributed by atoms with Gasteiger partial charge in [0.25, 0.3) is 0 Å². The lowest BCUT2D eigenvalue weighted by molar-refractivity contribution is 0.0302. The highest BCUT2D eigenvalue weighted by Gasteiger charge is 2.19. The van der Waals surface area contributed by atoms with Gasteiger partial charge < -0.3 is 29.3 Å². The Morgan fingerprint density at radius 2 is 1.79 bits per heavy atom. The zero-order valence-electron chi connectivity index (χ0n) is 18.7. The van der Waals surface area contributed by atoms with Crippen LogP contribution >= 0.6 is 24.0 Å². The first kappa shape index (κ1) is 27.1. The predicted molar refractivity (Wildman–Crippen MR) is 127 cm³/mol. The first-order valence-corrected chi connectivity index (χ1v) is 9.18. The van der Waals surface area contributed by atoms with Crippen LogP contribution in [0.3, 0.4) is 0 Å². The molecule has 166 valence electrons. The van der Waals surface area contributed by atoms with Crippen molar-refractivity contribution in [1.29, 1.82) is 0 Å². The van der Waals surface area contributed by atoms with Crippen LogP contribution in [0.1, 0.15) is 26.3 Å². The van der Waals surface area contributed by atoms with E-state index in [4.69, 9.17) is 14.2 Å². The number of carbonyl (C=O) groups excluding carboxylic acids is 1. The van der Waals surface area contributed by atoms with Gasteiger partial charge in [-0.3, -0.25) is 4.99 Å². The fourth-order valence-electron chi connectivity index (χ4n) is 2.46. The number of ether oxygens (including phenoxy) is 3. The maximum absolute atomic E-state index is 12.0. The number of benzene rings is 1. The van der Waals surface area contributed by atoms with Crippen molar-refractivity contribution in [2.24, 2.45) is 4.99 Å². The number of nitrogens with zero attached hydrogens (tertiary/aromatic N) is 3. The lowest BCUT2D eigenvalue weighted by Gasteiger charge is -2.26. The summed E-state index contributed by atoms with van der Waals surface area (Å²) in [6, 6.07) is 5.73. The molecule has 9 heteroatoms. The number of hydrogen-bond donors (Lipinski definition) is 1. The Hall–Kier alpha value is -1.91. The molecule has 1 aromatic rings. The van der Waals surface area contributed by atoms with Crippen LogP contribution in [0.25, 0.3) is 0 Å². The third kappa shape index (κ3) is 9.42. The van der Waals surface area contributed by atoms with E-state index >= 15 is 0 Å². The quantitative estimate of drug-likeness (QED) is 0.337. The van der Waals surface area contributed by atoms with Crippen molar-refractivity contribution >= 4 is 36.0 Å². The highest BCUT2D eigenvalue weighted by Crippen LogP contribution is 2.25. The van der Waals surface area contributed by atoms with Gasteiger partial charge >= 0.3 is 6.09 Å². The Labute approximate surface area is 191 Å². The molecule has 29 heavy (non-hydrogen) atoms. The minimum Gasteiger partial charge on any atom is -0.497 e. The molecule has 1 N–H and O–H groups in total. The van der Waals surface area contributed by atoms with E-state index in [1.807, 2.05) is 50.9 Å². The van der Waals surface area contributed by atoms with Crippen molar-refractivity contribution < 1.29 is 19.0 Å². The molecule has 1 rings (SSSR count). The topological polar surface area (TPSA) is 75.6 Å². The first-order chi connectivity index (χ1) is 13.1. The van der Waals surface area contributed by atoms with Crippen LogP contribution in [-0.2, 0) is 11.3 Å². The van der Waals surface area contributed by atoms with Crippen LogP contribution in [0.2, 0.25) is 0 Å². The highest BCUT2D eigenvalue weighted by molar-refractivity contribution is 14.0. The first-order valence-electron chi connectivity index (χ1n) is 9.18. The van der Waals surface area contributed by atoms with E-state index in [1.54, 1.807) is 28.3 Å². The molecule has 1 aromatic carbocycles. The van der Waals surface area contributed by atoms with Gasteiger partial charge in [0, 0.05) is 52.4 Å². The Morgan fingerprint density at radius 1 is 1.14 bits per heavy atom. The second kappa shape index (κ2) is 12.6. The smallest absolute Gasteiger partial charge is 0.410 e. The zero-order chi connectivity index (χ0) is 21.3. The number of likely N-dealkylation sites (N-methyl/N-ethyl adjacent to an activating group) is 1. The summed E-state index contributed by atoms with van der Waals surface area (Å²) in [5.74, 6) is 2.22. The Balaban J connectivity index is 0.00000784. The number of aliphatic imine (C=N–C) groups is 1. The third-order valence-electron chi connectivity index (χ3n) is 3.91. The molecule has 0 bridgehead atoms. The number of amides is 1. The Morgan fingerprint density at radius 3 is 2.31 bits per heavy atom. The highest BCUT2D eigenvalue weighted by atomic mass is 127. The van der Waals surface area contributed by atoms with Crippen molar-refractivity contribution in [3.8, 4) is 11.5 Å². The molecule has 8 nitrogen and oxygen atoms in total. The molecular weight excluding hydrogens is 487 g/mol. The summed E-state index contributed by atoms with van der Waals surface area (Å²) in [4.78, 5) is 19.8. The second-order valence-corrected chi connectivity index (χ2v) is 7.41. The Kier molecular flexibility index (Phi) is 11.8. The normalized spacial score (nSPS) is 11.2. The van der Waals surface area contributed by atoms with Gasteiger partial charge in [0.05, 0.1) is 14.2 Å². The summed E-state index contributed by atoms with van der Waals surface area (Å²) in [5, 5.41) is 3.26. The number of halogens is 1. The molecule has 0 aromatic heterocycles. The van der Waals surface area contributed by atoms with Gasteiger partial charge in [0.1, 0.15) is 17.1 Å². The second-order valence-electron chi connectivity index (χ2n) is 7.41. The van der Waals surface area contributed by atoms with E-state index in [0.717, 1.165) is 23.0 Å². The fourth-order valence-corrected chi connectivity index (χ4v) is 2.46. The third-order valence-corrected chi connectivity index (χ3v) is 3.91. The van der Waals surface area contributed by atoms with Gasteiger partial charge in [0.15, 0.2) is 5.96 Å². The predicted octanol–water partition coefficient (Wildman–Crippen LogP) is 3.20. The molecular formula is C20H35IN4O4. The molecule has 0 aliphatic heterocycles. The molecule has 0 atom stereocenters. The molecule has 0 fully saturated rings. The molecule has 0 saturated carbocycles. The maximum Gasteiger partial charge on any atom is 0.410 e. The maximum atomic E-state index is 12.0. The molecule has 0 spiro atoms. The lowest BCUT2D eigenvalue weighted by atomic mass is 10.2. The van der Waals surface area contributed by atoms with E-state index in [2.05, 4.69) is 10.3 Å². The molecule has 0 radical (unpaired) electrons. The minimum absolute atomic E-state index is 0. The summed E-state index contributed by atoms with van der Waals surface area (Å²) >= 11 is 0. The van der Waals surface area contributed by atoms with Crippen molar-refractivity contribution in [3.05, 3.63) is 23.8 Å². The van der Waals surface area contributed by atoms with Crippen molar-refractivity contribution in [2.45, 2.75) is 32.9 Å². The molecule has 0 unspecified atom stereocenters. The molecule has 0 aliphatic carbocycles. The lowest BCUT2D eigenvalue weighted by Crippen LogP contribution is -2.43. The molecule has 0 aliphatic rings. The molecule has 0 heterocycles. The van der Waals surface area contributed by atoms with Crippen LogP contribution in [-0.4, -0.2) is 75.9 Å². The summed E-state index contributed by atoms with van der Waals surface area (Å²) < 4.78 is 16.0. The fraction of sp³-hybridized carbons (Fsp3) is 0.600. The summed E-state index contributed by atoms with van der Waals surface area (Å²) in [7, 11) is 8.64. The number of methoxy groups -OCH3 is 2.